The van der Waals surface area contributed by atoms with Crippen LogP contribution in [0.25, 0.3) is 0 Å². The zero-order valence-corrected chi connectivity index (χ0v) is 26.6. The summed E-state index contributed by atoms with van der Waals surface area (Å²) < 4.78 is 30.0. The largest absolute Gasteiger partial charge is 0.352 e. The molecule has 0 unspecified atom stereocenters. The SMILES string of the molecule is Cc1ccc(S(=O)(=O)N(CC(=O)N(Cc2ccc(Br)cc2)[C@@H](C)C(=O)NC2CCCC2)c2cccc(Cl)c2C)cc1. The molecule has 1 N–H and O–H groups in total. The van der Waals surface area contributed by atoms with Gasteiger partial charge in [-0.3, -0.25) is 13.9 Å². The molecule has 7 nitrogen and oxygen atoms in total. The van der Waals surface area contributed by atoms with Gasteiger partial charge in [0, 0.05) is 22.1 Å². The number of hydrogen-bond donors (Lipinski definition) is 1. The smallest absolute Gasteiger partial charge is 0.264 e. The maximum Gasteiger partial charge on any atom is 0.264 e. The molecular formula is C31H35BrClN3O4S. The van der Waals surface area contributed by atoms with E-state index in [1.165, 1.54) is 17.0 Å². The summed E-state index contributed by atoms with van der Waals surface area (Å²) in [5, 5.41) is 3.47. The van der Waals surface area contributed by atoms with Crippen molar-refractivity contribution in [1.29, 1.82) is 0 Å². The molecule has 0 spiro atoms. The summed E-state index contributed by atoms with van der Waals surface area (Å²) in [5.41, 5.74) is 2.56. The standard InChI is InChI=1S/C31H35BrClN3O4S/c1-21-11-17-27(18-12-21)41(39,40)36(29-10-6-9-28(33)22(29)2)20-30(37)35(19-24-13-15-25(32)16-14-24)23(3)31(38)34-26-7-4-5-8-26/h6,9-18,23,26H,4-5,7-8,19-20H2,1-3H3,(H,34,38)/t23-/m0/s1. The van der Waals surface area contributed by atoms with E-state index >= 15 is 0 Å². The maximum absolute atomic E-state index is 14.1. The van der Waals surface area contributed by atoms with Crippen LogP contribution in [0.2, 0.25) is 5.02 Å². The lowest BCUT2D eigenvalue weighted by atomic mass is 10.1. The number of rotatable bonds is 10. The Labute approximate surface area is 256 Å². The Morgan fingerprint density at radius 3 is 2.27 bits per heavy atom. The van der Waals surface area contributed by atoms with Gasteiger partial charge < -0.3 is 10.2 Å². The number of aryl methyl sites for hydroxylation is 1. The third-order valence-electron chi connectivity index (χ3n) is 7.53. The predicted octanol–water partition coefficient (Wildman–Crippen LogP) is 6.39. The molecule has 41 heavy (non-hydrogen) atoms. The monoisotopic (exact) mass is 659 g/mol. The Bertz CT molecular complexity index is 1490. The van der Waals surface area contributed by atoms with Gasteiger partial charge in [0.05, 0.1) is 10.6 Å². The first kappa shape index (κ1) is 31.1. The second-order valence-electron chi connectivity index (χ2n) is 10.5. The predicted molar refractivity (Wildman–Crippen MR) is 166 cm³/mol. The minimum atomic E-state index is -4.16. The van der Waals surface area contributed by atoms with Crippen LogP contribution in [0.1, 0.15) is 49.3 Å². The van der Waals surface area contributed by atoms with Crippen molar-refractivity contribution in [2.75, 3.05) is 10.8 Å². The van der Waals surface area contributed by atoms with Gasteiger partial charge in [0.25, 0.3) is 10.0 Å². The van der Waals surface area contributed by atoms with E-state index in [1.54, 1.807) is 44.2 Å². The molecule has 218 valence electrons. The van der Waals surface area contributed by atoms with Gasteiger partial charge in [-0.2, -0.15) is 0 Å². The third-order valence-corrected chi connectivity index (χ3v) is 10.2. The van der Waals surface area contributed by atoms with E-state index < -0.39 is 28.5 Å². The number of halogens is 2. The zero-order chi connectivity index (χ0) is 29.7. The number of hydrogen-bond acceptors (Lipinski definition) is 4. The molecule has 3 aromatic rings. The molecule has 0 heterocycles. The van der Waals surface area contributed by atoms with E-state index in [0.29, 0.717) is 16.3 Å². The average Bonchev–Trinajstić information content (AvgIpc) is 3.46. The number of amides is 2. The molecule has 1 aliphatic carbocycles. The van der Waals surface area contributed by atoms with E-state index in [4.69, 9.17) is 11.6 Å². The Morgan fingerprint density at radius 2 is 1.63 bits per heavy atom. The lowest BCUT2D eigenvalue weighted by Gasteiger charge is -2.33. The van der Waals surface area contributed by atoms with Gasteiger partial charge in [0.15, 0.2) is 0 Å². The molecule has 2 amide bonds. The average molecular weight is 661 g/mol. The molecule has 3 aromatic carbocycles. The van der Waals surface area contributed by atoms with E-state index in [2.05, 4.69) is 21.2 Å². The lowest BCUT2D eigenvalue weighted by molar-refractivity contribution is -0.139. The summed E-state index contributed by atoms with van der Waals surface area (Å²) in [4.78, 5) is 28.9. The van der Waals surface area contributed by atoms with E-state index in [9.17, 15) is 18.0 Å². The number of nitrogens with one attached hydrogen (secondary N) is 1. The highest BCUT2D eigenvalue weighted by molar-refractivity contribution is 9.10. The summed E-state index contributed by atoms with van der Waals surface area (Å²) in [6.07, 6.45) is 3.95. The molecule has 1 atom stereocenters. The second-order valence-corrected chi connectivity index (χ2v) is 13.7. The molecule has 0 aromatic heterocycles. The van der Waals surface area contributed by atoms with Crippen LogP contribution >= 0.6 is 27.5 Å². The van der Waals surface area contributed by atoms with Crippen LogP contribution in [0.4, 0.5) is 5.69 Å². The van der Waals surface area contributed by atoms with Crippen molar-refractivity contribution in [3.8, 4) is 0 Å². The Balaban J connectivity index is 1.71. The fraction of sp³-hybridized carbons (Fsp3) is 0.355. The molecular weight excluding hydrogens is 626 g/mol. The van der Waals surface area contributed by atoms with E-state index in [0.717, 1.165) is 45.6 Å². The van der Waals surface area contributed by atoms with Crippen LogP contribution in [-0.2, 0) is 26.2 Å². The van der Waals surface area contributed by atoms with E-state index in [-0.39, 0.29) is 23.4 Å². The molecule has 1 saturated carbocycles. The third kappa shape index (κ3) is 7.50. The number of sulfonamides is 1. The van der Waals surface area contributed by atoms with Crippen LogP contribution in [0.15, 0.2) is 76.1 Å². The van der Waals surface area contributed by atoms with Crippen molar-refractivity contribution in [3.63, 3.8) is 0 Å². The minimum absolute atomic E-state index is 0.0572. The summed E-state index contributed by atoms with van der Waals surface area (Å²) in [6.45, 7) is 4.91. The number of benzene rings is 3. The van der Waals surface area contributed by atoms with Crippen molar-refractivity contribution in [3.05, 3.63) is 92.9 Å². The molecule has 1 fully saturated rings. The molecule has 0 aliphatic heterocycles. The Morgan fingerprint density at radius 1 is 1.00 bits per heavy atom. The quantitative estimate of drug-likeness (QED) is 0.273. The summed E-state index contributed by atoms with van der Waals surface area (Å²) in [6, 6.07) is 18.2. The Hall–Kier alpha value is -2.88. The first-order valence-corrected chi connectivity index (χ1v) is 16.3. The van der Waals surface area contributed by atoms with Gasteiger partial charge in [0.2, 0.25) is 11.8 Å². The Kier molecular flexibility index (Phi) is 10.2. The molecule has 4 rings (SSSR count). The van der Waals surface area contributed by atoms with Crippen LogP contribution in [-0.4, -0.2) is 43.8 Å². The number of carbonyl (C=O) groups excluding carboxylic acids is 2. The summed E-state index contributed by atoms with van der Waals surface area (Å²) >= 11 is 9.83. The highest BCUT2D eigenvalue weighted by Crippen LogP contribution is 2.31. The van der Waals surface area contributed by atoms with Crippen LogP contribution in [0, 0.1) is 13.8 Å². The lowest BCUT2D eigenvalue weighted by Crippen LogP contribution is -2.52. The fourth-order valence-electron chi connectivity index (χ4n) is 4.98. The van der Waals surface area contributed by atoms with Crippen molar-refractivity contribution < 1.29 is 18.0 Å². The van der Waals surface area contributed by atoms with Crippen LogP contribution in [0.3, 0.4) is 0 Å². The van der Waals surface area contributed by atoms with Crippen LogP contribution in [0.5, 0.6) is 0 Å². The molecule has 10 heteroatoms. The number of nitrogens with zero attached hydrogens (tertiary/aromatic N) is 2. The molecule has 1 aliphatic rings. The highest BCUT2D eigenvalue weighted by atomic mass is 79.9. The number of anilines is 1. The maximum atomic E-state index is 14.1. The summed E-state index contributed by atoms with van der Waals surface area (Å²) in [7, 11) is -4.16. The molecule has 0 radical (unpaired) electrons. The van der Waals surface area contributed by atoms with Crippen molar-refractivity contribution in [2.24, 2.45) is 0 Å². The van der Waals surface area contributed by atoms with Crippen molar-refractivity contribution in [2.45, 2.75) is 70.0 Å². The van der Waals surface area contributed by atoms with Crippen molar-refractivity contribution >= 4 is 55.1 Å². The normalized spacial score (nSPS) is 14.5. The van der Waals surface area contributed by atoms with Crippen molar-refractivity contribution in [1.82, 2.24) is 10.2 Å². The van der Waals surface area contributed by atoms with Crippen LogP contribution < -0.4 is 9.62 Å². The summed E-state index contributed by atoms with van der Waals surface area (Å²) in [5.74, 6) is -0.758. The first-order valence-electron chi connectivity index (χ1n) is 13.7. The number of carbonyl (C=O) groups is 2. The van der Waals surface area contributed by atoms with E-state index in [1.807, 2.05) is 31.2 Å². The zero-order valence-electron chi connectivity index (χ0n) is 23.4. The molecule has 0 bridgehead atoms. The molecule has 0 saturated heterocycles. The topological polar surface area (TPSA) is 86.8 Å². The van der Waals surface area contributed by atoms with Gasteiger partial charge in [-0.05, 0) is 81.1 Å². The minimum Gasteiger partial charge on any atom is -0.352 e. The van der Waals surface area contributed by atoms with Gasteiger partial charge in [-0.25, -0.2) is 8.42 Å². The highest BCUT2D eigenvalue weighted by Gasteiger charge is 2.34. The second kappa shape index (κ2) is 13.4. The van der Waals surface area contributed by atoms with Gasteiger partial charge in [-0.1, -0.05) is 76.3 Å². The van der Waals surface area contributed by atoms with Gasteiger partial charge in [0.1, 0.15) is 12.6 Å². The van der Waals surface area contributed by atoms with Gasteiger partial charge >= 0.3 is 0 Å². The fourth-order valence-corrected chi connectivity index (χ4v) is 6.88. The van der Waals surface area contributed by atoms with Gasteiger partial charge in [-0.15, -0.1) is 0 Å². The first-order chi connectivity index (χ1) is 19.5.